The largest absolute Gasteiger partial charge is 0.480 e. The van der Waals surface area contributed by atoms with Crippen LogP contribution in [0.2, 0.25) is 5.02 Å². The number of aliphatic hydroxyl groups excluding tert-OH is 1. The summed E-state index contributed by atoms with van der Waals surface area (Å²) in [5, 5.41) is 18.6. The van der Waals surface area contributed by atoms with Gasteiger partial charge in [-0.2, -0.15) is 0 Å². The standard InChI is InChI=1S/C10H12ClNO3/c1-5-2-3-6(7(11)4-5)9(13)8(12)10(14)15/h2-4,8-9,13H,12H2,1H3,(H,14,15). The molecular formula is C10H12ClNO3. The number of aliphatic hydroxyl groups is 1. The minimum absolute atomic E-state index is 0.319. The highest BCUT2D eigenvalue weighted by Crippen LogP contribution is 2.25. The molecule has 4 nitrogen and oxygen atoms in total. The van der Waals surface area contributed by atoms with Crippen molar-refractivity contribution in [2.45, 2.75) is 19.1 Å². The maximum atomic E-state index is 10.6. The van der Waals surface area contributed by atoms with Crippen molar-refractivity contribution in [3.63, 3.8) is 0 Å². The Morgan fingerprint density at radius 1 is 1.53 bits per heavy atom. The van der Waals surface area contributed by atoms with Crippen LogP contribution in [0.25, 0.3) is 0 Å². The molecule has 2 unspecified atom stereocenters. The number of hydrogen-bond acceptors (Lipinski definition) is 3. The van der Waals surface area contributed by atoms with Gasteiger partial charge < -0.3 is 15.9 Å². The molecule has 0 saturated carbocycles. The van der Waals surface area contributed by atoms with E-state index >= 15 is 0 Å². The van der Waals surface area contributed by atoms with Gasteiger partial charge in [-0.3, -0.25) is 4.79 Å². The first-order chi connectivity index (χ1) is 6.93. The van der Waals surface area contributed by atoms with Gasteiger partial charge in [-0.1, -0.05) is 23.7 Å². The zero-order valence-corrected chi connectivity index (χ0v) is 8.90. The molecule has 0 saturated heterocycles. The molecule has 2 atom stereocenters. The van der Waals surface area contributed by atoms with E-state index < -0.39 is 18.1 Å². The smallest absolute Gasteiger partial charge is 0.323 e. The van der Waals surface area contributed by atoms with Crippen LogP contribution < -0.4 is 5.73 Å². The van der Waals surface area contributed by atoms with Crippen LogP contribution in [0.5, 0.6) is 0 Å². The molecule has 0 aliphatic carbocycles. The first kappa shape index (κ1) is 12.0. The van der Waals surface area contributed by atoms with Crippen molar-refractivity contribution < 1.29 is 15.0 Å². The van der Waals surface area contributed by atoms with Gasteiger partial charge in [-0.15, -0.1) is 0 Å². The Hall–Kier alpha value is -1.10. The van der Waals surface area contributed by atoms with Gasteiger partial charge in [0.2, 0.25) is 0 Å². The van der Waals surface area contributed by atoms with Crippen LogP contribution in [-0.2, 0) is 4.79 Å². The minimum Gasteiger partial charge on any atom is -0.480 e. The van der Waals surface area contributed by atoms with Crippen LogP contribution in [0.3, 0.4) is 0 Å². The predicted molar refractivity (Wildman–Crippen MR) is 56.8 cm³/mol. The number of benzene rings is 1. The Kier molecular flexibility index (Phi) is 3.68. The first-order valence-corrected chi connectivity index (χ1v) is 4.73. The number of carboxylic acids is 1. The number of carbonyl (C=O) groups is 1. The summed E-state index contributed by atoms with van der Waals surface area (Å²) in [6, 6.07) is 3.59. The highest BCUT2D eigenvalue weighted by atomic mass is 35.5. The quantitative estimate of drug-likeness (QED) is 0.725. The molecule has 1 aromatic carbocycles. The second-order valence-electron chi connectivity index (χ2n) is 3.33. The fourth-order valence-electron chi connectivity index (χ4n) is 1.20. The molecule has 0 amide bonds. The van der Waals surface area contributed by atoms with Crippen LogP contribution in [0.1, 0.15) is 17.2 Å². The Morgan fingerprint density at radius 2 is 2.13 bits per heavy atom. The van der Waals surface area contributed by atoms with Gasteiger partial charge >= 0.3 is 5.97 Å². The van der Waals surface area contributed by atoms with E-state index in [4.69, 9.17) is 22.4 Å². The Morgan fingerprint density at radius 3 is 2.60 bits per heavy atom. The van der Waals surface area contributed by atoms with Gasteiger partial charge in [0.1, 0.15) is 12.1 Å². The van der Waals surface area contributed by atoms with Crippen molar-refractivity contribution >= 4 is 17.6 Å². The van der Waals surface area contributed by atoms with Gasteiger partial charge in [0.05, 0.1) is 0 Å². The second kappa shape index (κ2) is 4.61. The summed E-state index contributed by atoms with van der Waals surface area (Å²) in [4.78, 5) is 10.6. The Balaban J connectivity index is 3.01. The number of hydrogen-bond donors (Lipinski definition) is 3. The molecule has 1 aromatic rings. The molecule has 0 aromatic heterocycles. The zero-order chi connectivity index (χ0) is 11.6. The molecule has 0 radical (unpaired) electrons. The minimum atomic E-state index is -1.37. The van der Waals surface area contributed by atoms with E-state index in [0.29, 0.717) is 10.6 Å². The molecule has 4 N–H and O–H groups in total. The van der Waals surface area contributed by atoms with E-state index in [1.807, 2.05) is 6.92 Å². The summed E-state index contributed by atoms with van der Waals surface area (Å²) in [6.07, 6.45) is -1.30. The van der Waals surface area contributed by atoms with Crippen LogP contribution in [0.4, 0.5) is 0 Å². The lowest BCUT2D eigenvalue weighted by Crippen LogP contribution is -2.36. The van der Waals surface area contributed by atoms with Crippen LogP contribution >= 0.6 is 11.6 Å². The van der Waals surface area contributed by atoms with E-state index in [2.05, 4.69) is 0 Å². The summed E-state index contributed by atoms with van der Waals surface area (Å²) < 4.78 is 0. The van der Waals surface area contributed by atoms with E-state index in [1.165, 1.54) is 0 Å². The van der Waals surface area contributed by atoms with Crippen molar-refractivity contribution in [1.29, 1.82) is 0 Å². The molecule has 1 rings (SSSR count). The molecular weight excluding hydrogens is 218 g/mol. The van der Waals surface area contributed by atoms with Crippen molar-refractivity contribution in [3.8, 4) is 0 Å². The van der Waals surface area contributed by atoms with Crippen LogP contribution in [0.15, 0.2) is 18.2 Å². The highest BCUT2D eigenvalue weighted by Gasteiger charge is 2.25. The molecule has 0 heterocycles. The summed E-state index contributed by atoms with van der Waals surface area (Å²) in [5.41, 5.74) is 6.55. The number of nitrogens with two attached hydrogens (primary N) is 1. The lowest BCUT2D eigenvalue weighted by Gasteiger charge is -2.16. The van der Waals surface area contributed by atoms with Gasteiger partial charge in [-0.05, 0) is 18.6 Å². The third-order valence-corrected chi connectivity index (χ3v) is 2.43. The Bertz CT molecular complexity index is 381. The third kappa shape index (κ3) is 2.68. The predicted octanol–water partition coefficient (Wildman–Crippen LogP) is 1.09. The van der Waals surface area contributed by atoms with Gasteiger partial charge in [0.15, 0.2) is 0 Å². The van der Waals surface area contributed by atoms with Gasteiger partial charge in [0, 0.05) is 10.6 Å². The number of aliphatic carboxylic acids is 1. The highest BCUT2D eigenvalue weighted by molar-refractivity contribution is 6.31. The number of aryl methyl sites for hydroxylation is 1. The number of rotatable bonds is 3. The maximum absolute atomic E-state index is 10.6. The average molecular weight is 230 g/mol. The summed E-state index contributed by atoms with van der Waals surface area (Å²) in [5.74, 6) is -1.26. The number of carboxylic acid groups (broad SMARTS) is 1. The number of halogens is 1. The van der Waals surface area contributed by atoms with Crippen LogP contribution in [0, 0.1) is 6.92 Å². The lowest BCUT2D eigenvalue weighted by molar-refractivity contribution is -0.141. The van der Waals surface area contributed by atoms with Gasteiger partial charge in [0.25, 0.3) is 0 Å². The molecule has 82 valence electrons. The molecule has 0 fully saturated rings. The summed E-state index contributed by atoms with van der Waals surface area (Å²) >= 11 is 5.86. The SMILES string of the molecule is Cc1ccc(C(O)C(N)C(=O)O)c(Cl)c1. The topological polar surface area (TPSA) is 83.5 Å². The van der Waals surface area contributed by atoms with Gasteiger partial charge in [-0.25, -0.2) is 0 Å². The fourth-order valence-corrected chi connectivity index (χ4v) is 1.55. The summed E-state index contributed by atoms with van der Waals surface area (Å²) in [6.45, 7) is 1.85. The van der Waals surface area contributed by atoms with E-state index in [1.54, 1.807) is 18.2 Å². The summed E-state index contributed by atoms with van der Waals surface area (Å²) in [7, 11) is 0. The van der Waals surface area contributed by atoms with E-state index in [-0.39, 0.29) is 0 Å². The monoisotopic (exact) mass is 229 g/mol. The molecule has 0 aliphatic heterocycles. The zero-order valence-electron chi connectivity index (χ0n) is 8.14. The van der Waals surface area contributed by atoms with Crippen molar-refractivity contribution in [3.05, 3.63) is 34.3 Å². The first-order valence-electron chi connectivity index (χ1n) is 4.36. The maximum Gasteiger partial charge on any atom is 0.323 e. The van der Waals surface area contributed by atoms with Crippen molar-refractivity contribution in [2.75, 3.05) is 0 Å². The molecule has 0 aliphatic rings. The van der Waals surface area contributed by atoms with Crippen molar-refractivity contribution in [1.82, 2.24) is 0 Å². The normalized spacial score (nSPS) is 14.7. The third-order valence-electron chi connectivity index (χ3n) is 2.10. The molecule has 15 heavy (non-hydrogen) atoms. The average Bonchev–Trinajstić information content (AvgIpc) is 2.15. The Labute approximate surface area is 92.3 Å². The van der Waals surface area contributed by atoms with Crippen LogP contribution in [-0.4, -0.2) is 22.2 Å². The molecule has 0 bridgehead atoms. The second-order valence-corrected chi connectivity index (χ2v) is 3.74. The fraction of sp³-hybridized carbons (Fsp3) is 0.300. The van der Waals surface area contributed by atoms with E-state index in [9.17, 15) is 9.90 Å². The molecule has 0 spiro atoms. The van der Waals surface area contributed by atoms with E-state index in [0.717, 1.165) is 5.56 Å². The lowest BCUT2D eigenvalue weighted by atomic mass is 10.0. The van der Waals surface area contributed by atoms with Crippen molar-refractivity contribution in [2.24, 2.45) is 5.73 Å². The molecule has 5 heteroatoms.